The first-order chi connectivity index (χ1) is 22.0. The largest absolute Gasteiger partial charge is 0.482 e. The Kier molecular flexibility index (Phi) is 10.6. The number of methoxy groups -OCH3 is 1. The molecule has 1 saturated heterocycles. The average Bonchev–Trinajstić information content (AvgIpc) is 3.77. The van der Waals surface area contributed by atoms with Crippen LogP contribution in [-0.4, -0.2) is 90.1 Å². The molecule has 1 saturated carbocycles. The fourth-order valence-corrected chi connectivity index (χ4v) is 5.47. The second-order valence-electron chi connectivity index (χ2n) is 11.9. The van der Waals surface area contributed by atoms with Crippen molar-refractivity contribution in [2.45, 2.75) is 57.5 Å². The first kappa shape index (κ1) is 33.4. The van der Waals surface area contributed by atoms with E-state index in [2.05, 4.69) is 38.9 Å². The quantitative estimate of drug-likeness (QED) is 0.239. The molecule has 2 fully saturated rings. The van der Waals surface area contributed by atoms with Gasteiger partial charge in [-0.2, -0.15) is 18.3 Å². The van der Waals surface area contributed by atoms with E-state index >= 15 is 0 Å². The minimum absolute atomic E-state index is 0.0499. The number of carbonyl (C=O) groups excluding carboxylic acids is 2. The standard InChI is InChI=1S/C32H40F3N7O4/c1-20-14-27(46-28(18-41-12-9-36-21(2)17-41)26-7-6-23(16-38-26)22-4-5-22)25(30(43)37-10-13-45-3)15-24(20)31(44)39-29-8-11-42(40-29)19-32(33,34)35/h6-8,11,14-16,21-22,28,36H,4-5,9-10,12-13,17-19H2,1-3H3,(H,37,43)(H,39,40,44)/t21-,28-/m1/s1. The molecule has 14 heteroatoms. The number of carbonyl (C=O) groups is 2. The molecule has 2 aliphatic rings. The normalized spacial score (nSPS) is 17.8. The second kappa shape index (κ2) is 14.6. The van der Waals surface area contributed by atoms with Crippen molar-refractivity contribution >= 4 is 17.6 Å². The van der Waals surface area contributed by atoms with Gasteiger partial charge >= 0.3 is 6.18 Å². The number of piperazine rings is 1. The molecular weight excluding hydrogens is 603 g/mol. The van der Waals surface area contributed by atoms with Gasteiger partial charge in [0, 0.05) is 69.9 Å². The molecular formula is C32H40F3N7O4. The van der Waals surface area contributed by atoms with Crippen LogP contribution in [-0.2, 0) is 11.3 Å². The molecule has 0 unspecified atom stereocenters. The lowest BCUT2D eigenvalue weighted by Crippen LogP contribution is -2.50. The van der Waals surface area contributed by atoms with Crippen molar-refractivity contribution in [2.24, 2.45) is 0 Å². The van der Waals surface area contributed by atoms with Crippen LogP contribution in [0.5, 0.6) is 5.75 Å². The Morgan fingerprint density at radius 3 is 2.63 bits per heavy atom. The number of rotatable bonds is 13. The van der Waals surface area contributed by atoms with Crippen LogP contribution in [0.2, 0.25) is 0 Å². The molecule has 2 atom stereocenters. The number of amides is 2. The first-order valence-corrected chi connectivity index (χ1v) is 15.4. The van der Waals surface area contributed by atoms with Crippen LogP contribution in [0.4, 0.5) is 19.0 Å². The number of hydrogen-bond acceptors (Lipinski definition) is 8. The first-order valence-electron chi connectivity index (χ1n) is 15.4. The van der Waals surface area contributed by atoms with Gasteiger partial charge in [0.25, 0.3) is 11.8 Å². The van der Waals surface area contributed by atoms with Gasteiger partial charge in [-0.1, -0.05) is 6.07 Å². The summed E-state index contributed by atoms with van der Waals surface area (Å²) in [4.78, 5) is 33.8. The van der Waals surface area contributed by atoms with Crippen molar-refractivity contribution in [3.63, 3.8) is 0 Å². The third kappa shape index (κ3) is 9.04. The summed E-state index contributed by atoms with van der Waals surface area (Å²) in [6.07, 6.45) is 0.385. The lowest BCUT2D eigenvalue weighted by molar-refractivity contribution is -0.142. The summed E-state index contributed by atoms with van der Waals surface area (Å²) in [5.41, 5.74) is 2.71. The minimum atomic E-state index is -4.46. The zero-order valence-corrected chi connectivity index (χ0v) is 26.2. The topological polar surface area (TPSA) is 123 Å². The maximum Gasteiger partial charge on any atom is 0.408 e. The second-order valence-corrected chi connectivity index (χ2v) is 11.9. The van der Waals surface area contributed by atoms with E-state index < -0.39 is 30.6 Å². The van der Waals surface area contributed by atoms with Gasteiger partial charge in [0.1, 0.15) is 12.3 Å². The molecule has 2 amide bonds. The van der Waals surface area contributed by atoms with E-state index in [9.17, 15) is 22.8 Å². The Labute approximate surface area is 265 Å². The van der Waals surface area contributed by atoms with Crippen molar-refractivity contribution in [2.75, 3.05) is 51.8 Å². The Balaban J connectivity index is 1.43. The van der Waals surface area contributed by atoms with Gasteiger partial charge in [0.05, 0.1) is 17.9 Å². The Morgan fingerprint density at radius 1 is 1.15 bits per heavy atom. The molecule has 248 valence electrons. The number of hydrogen-bond donors (Lipinski definition) is 3. The molecule has 1 aliphatic carbocycles. The van der Waals surface area contributed by atoms with E-state index in [0.29, 0.717) is 28.7 Å². The number of ether oxygens (including phenoxy) is 2. The van der Waals surface area contributed by atoms with Gasteiger partial charge in [-0.25, -0.2) is 0 Å². The van der Waals surface area contributed by atoms with E-state index in [-0.39, 0.29) is 35.8 Å². The van der Waals surface area contributed by atoms with Gasteiger partial charge in [0.2, 0.25) is 0 Å². The van der Waals surface area contributed by atoms with Gasteiger partial charge < -0.3 is 25.4 Å². The number of aromatic nitrogens is 3. The summed E-state index contributed by atoms with van der Waals surface area (Å²) in [7, 11) is 1.52. The summed E-state index contributed by atoms with van der Waals surface area (Å²) >= 11 is 0. The Bertz CT molecular complexity index is 1510. The van der Waals surface area contributed by atoms with Crippen LogP contribution >= 0.6 is 0 Å². The highest BCUT2D eigenvalue weighted by molar-refractivity contribution is 6.07. The van der Waals surface area contributed by atoms with E-state index in [4.69, 9.17) is 14.5 Å². The van der Waals surface area contributed by atoms with Crippen molar-refractivity contribution in [3.8, 4) is 5.75 Å². The van der Waals surface area contributed by atoms with E-state index in [0.717, 1.165) is 44.4 Å². The molecule has 0 radical (unpaired) electrons. The SMILES string of the molecule is COCCNC(=O)c1cc(C(=O)Nc2ccn(CC(F)(F)F)n2)c(C)cc1O[C@H](CN1CCN[C@H](C)C1)c1ccc(C2CC2)cn1. The predicted molar refractivity (Wildman–Crippen MR) is 165 cm³/mol. The van der Waals surface area contributed by atoms with Crippen LogP contribution in [0.15, 0.2) is 42.7 Å². The third-order valence-electron chi connectivity index (χ3n) is 7.97. The van der Waals surface area contributed by atoms with Crippen LogP contribution in [0, 0.1) is 6.92 Å². The molecule has 0 spiro atoms. The number of pyridine rings is 1. The molecule has 5 rings (SSSR count). The number of nitrogens with zero attached hydrogens (tertiary/aromatic N) is 4. The lowest BCUT2D eigenvalue weighted by Gasteiger charge is -2.34. The van der Waals surface area contributed by atoms with Gasteiger partial charge in [-0.05, 0) is 61.9 Å². The number of aryl methyl sites for hydroxylation is 1. The van der Waals surface area contributed by atoms with Crippen molar-refractivity contribution in [1.82, 2.24) is 30.3 Å². The van der Waals surface area contributed by atoms with Gasteiger partial charge in [-0.15, -0.1) is 0 Å². The number of halogens is 3. The Hall–Kier alpha value is -4.01. The zero-order chi connectivity index (χ0) is 32.8. The highest BCUT2D eigenvalue weighted by Gasteiger charge is 2.30. The molecule has 3 heterocycles. The van der Waals surface area contributed by atoms with Crippen LogP contribution in [0.3, 0.4) is 0 Å². The average molecular weight is 644 g/mol. The van der Waals surface area contributed by atoms with Crippen LogP contribution < -0.4 is 20.7 Å². The number of anilines is 1. The summed E-state index contributed by atoms with van der Waals surface area (Å²) in [6, 6.07) is 8.72. The number of benzene rings is 1. The third-order valence-corrected chi connectivity index (χ3v) is 7.97. The molecule has 1 aromatic carbocycles. The molecule has 1 aliphatic heterocycles. The zero-order valence-electron chi connectivity index (χ0n) is 26.2. The Morgan fingerprint density at radius 2 is 1.96 bits per heavy atom. The molecule has 0 bridgehead atoms. The summed E-state index contributed by atoms with van der Waals surface area (Å²) in [6.45, 7) is 6.07. The number of alkyl halides is 3. The van der Waals surface area contributed by atoms with Gasteiger partial charge in [-0.3, -0.25) is 24.2 Å². The molecule has 2 aromatic heterocycles. The fraction of sp³-hybridized carbons (Fsp3) is 0.500. The molecule has 11 nitrogen and oxygen atoms in total. The smallest absolute Gasteiger partial charge is 0.408 e. The monoisotopic (exact) mass is 643 g/mol. The highest BCUT2D eigenvalue weighted by Crippen LogP contribution is 2.40. The maximum absolute atomic E-state index is 13.5. The van der Waals surface area contributed by atoms with Crippen molar-refractivity contribution in [3.05, 3.63) is 70.7 Å². The van der Waals surface area contributed by atoms with Crippen LogP contribution in [0.1, 0.15) is 69.3 Å². The van der Waals surface area contributed by atoms with Crippen molar-refractivity contribution < 1.29 is 32.2 Å². The minimum Gasteiger partial charge on any atom is -0.482 e. The van der Waals surface area contributed by atoms with Crippen LogP contribution in [0.25, 0.3) is 0 Å². The summed E-state index contributed by atoms with van der Waals surface area (Å²) in [5, 5.41) is 12.6. The fourth-order valence-electron chi connectivity index (χ4n) is 5.47. The summed E-state index contributed by atoms with van der Waals surface area (Å²) < 4.78 is 50.7. The van der Waals surface area contributed by atoms with Gasteiger partial charge in [0.15, 0.2) is 11.9 Å². The number of nitrogens with one attached hydrogen (secondary N) is 3. The molecule has 3 N–H and O–H groups in total. The molecule has 3 aromatic rings. The maximum atomic E-state index is 13.5. The predicted octanol–water partition coefficient (Wildman–Crippen LogP) is 4.07. The van der Waals surface area contributed by atoms with E-state index in [1.165, 1.54) is 24.8 Å². The lowest BCUT2D eigenvalue weighted by atomic mass is 10.0. The van der Waals surface area contributed by atoms with E-state index in [1.807, 2.05) is 12.3 Å². The summed E-state index contributed by atoms with van der Waals surface area (Å²) in [5.74, 6) is -0.319. The van der Waals surface area contributed by atoms with Crippen molar-refractivity contribution in [1.29, 1.82) is 0 Å². The van der Waals surface area contributed by atoms with E-state index in [1.54, 1.807) is 13.0 Å². The highest BCUT2D eigenvalue weighted by atomic mass is 19.4. The molecule has 46 heavy (non-hydrogen) atoms.